The molecule has 0 spiro atoms. The maximum Gasteiger partial charge on any atom is 0.123 e. The Hall–Kier alpha value is -1.44. The fourth-order valence-electron chi connectivity index (χ4n) is 5.02. The molecule has 4 heteroatoms. The summed E-state index contributed by atoms with van der Waals surface area (Å²) in [6.07, 6.45) is 5.62. The Labute approximate surface area is 196 Å². The number of hydrogen-bond donors (Lipinski definition) is 1. The van der Waals surface area contributed by atoms with Crippen LogP contribution in [0.2, 0.25) is 0 Å². The van der Waals surface area contributed by atoms with E-state index in [-0.39, 0.29) is 16.4 Å². The largest absolute Gasteiger partial charge is 0.507 e. The molecule has 1 aliphatic rings. The van der Waals surface area contributed by atoms with E-state index in [0.29, 0.717) is 14.3 Å². The third kappa shape index (κ3) is 5.54. The summed E-state index contributed by atoms with van der Waals surface area (Å²) in [5.41, 5.74) is 4.23. The first-order valence-corrected chi connectivity index (χ1v) is 13.2. The summed E-state index contributed by atoms with van der Waals surface area (Å²) in [6, 6.07) is 9.64. The van der Waals surface area contributed by atoms with Gasteiger partial charge in [-0.15, -0.1) is 0 Å². The van der Waals surface area contributed by atoms with E-state index in [9.17, 15) is 9.50 Å². The van der Waals surface area contributed by atoms with Crippen LogP contribution < -0.4 is 5.30 Å². The molecule has 0 saturated carbocycles. The van der Waals surface area contributed by atoms with Crippen LogP contribution in [0.15, 0.2) is 30.3 Å². The van der Waals surface area contributed by atoms with E-state index in [4.69, 9.17) is 0 Å². The van der Waals surface area contributed by atoms with Crippen molar-refractivity contribution in [3.63, 3.8) is 0 Å². The Morgan fingerprint density at radius 1 is 0.969 bits per heavy atom. The Morgan fingerprint density at radius 3 is 2.19 bits per heavy atom. The van der Waals surface area contributed by atoms with E-state index in [1.165, 1.54) is 30.1 Å². The highest BCUT2D eigenvalue weighted by Gasteiger charge is 2.35. The van der Waals surface area contributed by atoms with E-state index in [0.717, 1.165) is 49.2 Å². The molecular formula is C28H41FNOP. The standard InChI is InChI=1S/C28H41FNOP/c1-7-28(8-2,24-17-20(3)16-23(26(24)31)27(4,5)6)32-25-13-12-22(29)18-21(25)19-30-14-10-9-11-15-30/h12-13,16-18,31-32H,7-11,14-15,19H2,1-6H3. The van der Waals surface area contributed by atoms with Crippen molar-refractivity contribution in [1.82, 2.24) is 4.90 Å². The van der Waals surface area contributed by atoms with Gasteiger partial charge in [0.2, 0.25) is 0 Å². The van der Waals surface area contributed by atoms with Gasteiger partial charge < -0.3 is 5.11 Å². The highest BCUT2D eigenvalue weighted by Crippen LogP contribution is 2.52. The number of piperidine rings is 1. The first-order valence-electron chi connectivity index (χ1n) is 12.2. The molecule has 0 radical (unpaired) electrons. The number of hydrogen-bond acceptors (Lipinski definition) is 2. The molecule has 1 heterocycles. The van der Waals surface area contributed by atoms with Gasteiger partial charge in [0.25, 0.3) is 0 Å². The minimum Gasteiger partial charge on any atom is -0.507 e. The molecule has 1 saturated heterocycles. The summed E-state index contributed by atoms with van der Waals surface area (Å²) < 4.78 is 14.3. The lowest BCUT2D eigenvalue weighted by Crippen LogP contribution is -2.31. The summed E-state index contributed by atoms with van der Waals surface area (Å²) in [6.45, 7) is 16.1. The normalized spacial score (nSPS) is 16.2. The lowest BCUT2D eigenvalue weighted by atomic mass is 9.81. The van der Waals surface area contributed by atoms with Gasteiger partial charge in [-0.3, -0.25) is 4.90 Å². The van der Waals surface area contributed by atoms with E-state index in [2.05, 4.69) is 58.6 Å². The van der Waals surface area contributed by atoms with Crippen LogP contribution in [0.4, 0.5) is 4.39 Å². The molecule has 1 fully saturated rings. The van der Waals surface area contributed by atoms with Gasteiger partial charge in [0, 0.05) is 17.3 Å². The highest BCUT2D eigenvalue weighted by atomic mass is 31.1. The molecule has 1 unspecified atom stereocenters. The number of likely N-dealkylation sites (tertiary alicyclic amines) is 1. The number of benzene rings is 2. The molecule has 32 heavy (non-hydrogen) atoms. The van der Waals surface area contributed by atoms with Gasteiger partial charge >= 0.3 is 0 Å². The number of halogens is 1. The summed E-state index contributed by atoms with van der Waals surface area (Å²) in [4.78, 5) is 2.47. The SMILES string of the molecule is CCC(CC)(Pc1ccc(F)cc1CN1CCCCC1)c1cc(C)cc(C(C)(C)C)c1O. The molecule has 2 aromatic carbocycles. The maximum absolute atomic E-state index is 14.3. The third-order valence-electron chi connectivity index (χ3n) is 7.07. The van der Waals surface area contributed by atoms with Crippen LogP contribution in [0.1, 0.15) is 89.0 Å². The zero-order valence-corrected chi connectivity index (χ0v) is 21.8. The van der Waals surface area contributed by atoms with Crippen molar-refractivity contribution < 1.29 is 9.50 Å². The Bertz CT molecular complexity index is 924. The first-order chi connectivity index (χ1) is 15.1. The maximum atomic E-state index is 14.3. The zero-order valence-electron chi connectivity index (χ0n) is 20.8. The monoisotopic (exact) mass is 457 g/mol. The number of phenolic OH excluding ortho intramolecular Hbond substituents is 1. The van der Waals surface area contributed by atoms with Gasteiger partial charge in [0.05, 0.1) is 0 Å². The second kappa shape index (κ2) is 10.2. The second-order valence-electron chi connectivity index (χ2n) is 10.5. The van der Waals surface area contributed by atoms with Crippen LogP contribution in [-0.2, 0) is 17.1 Å². The van der Waals surface area contributed by atoms with Crippen LogP contribution in [-0.4, -0.2) is 23.1 Å². The Kier molecular flexibility index (Phi) is 8.05. The van der Waals surface area contributed by atoms with Crippen LogP contribution in [0.25, 0.3) is 0 Å². The molecule has 0 amide bonds. The van der Waals surface area contributed by atoms with Crippen LogP contribution in [0, 0.1) is 12.7 Å². The zero-order chi connectivity index (χ0) is 23.5. The molecule has 176 valence electrons. The fourth-order valence-corrected chi connectivity index (χ4v) is 6.69. The van der Waals surface area contributed by atoms with E-state index >= 15 is 0 Å². The number of rotatable bonds is 7. The van der Waals surface area contributed by atoms with Gasteiger partial charge in [-0.05, 0) is 79.7 Å². The van der Waals surface area contributed by atoms with Gasteiger partial charge in [0.15, 0.2) is 0 Å². The number of nitrogens with zero attached hydrogens (tertiary/aromatic N) is 1. The Morgan fingerprint density at radius 2 is 1.59 bits per heavy atom. The lowest BCUT2D eigenvalue weighted by Gasteiger charge is -2.36. The number of aryl methyl sites for hydroxylation is 1. The van der Waals surface area contributed by atoms with Gasteiger partial charge in [0.1, 0.15) is 11.6 Å². The predicted molar refractivity (Wildman–Crippen MR) is 137 cm³/mol. The molecule has 3 rings (SSSR count). The average Bonchev–Trinajstić information content (AvgIpc) is 2.75. The van der Waals surface area contributed by atoms with Gasteiger partial charge in [-0.25, -0.2) is 4.39 Å². The van der Waals surface area contributed by atoms with E-state index in [1.54, 1.807) is 12.1 Å². The van der Waals surface area contributed by atoms with Crippen molar-refractivity contribution >= 4 is 13.9 Å². The topological polar surface area (TPSA) is 23.5 Å². The average molecular weight is 458 g/mol. The van der Waals surface area contributed by atoms with Crippen molar-refractivity contribution in [2.75, 3.05) is 13.1 Å². The second-order valence-corrected chi connectivity index (χ2v) is 12.3. The van der Waals surface area contributed by atoms with Crippen molar-refractivity contribution in [2.45, 2.75) is 90.8 Å². The third-order valence-corrected chi connectivity index (χ3v) is 9.28. The smallest absolute Gasteiger partial charge is 0.123 e. The van der Waals surface area contributed by atoms with Crippen molar-refractivity contribution in [3.8, 4) is 5.75 Å². The number of aromatic hydroxyl groups is 1. The minimum absolute atomic E-state index is 0.128. The first kappa shape index (κ1) is 25.2. The van der Waals surface area contributed by atoms with Crippen molar-refractivity contribution in [2.24, 2.45) is 0 Å². The molecule has 1 atom stereocenters. The summed E-state index contributed by atoms with van der Waals surface area (Å²) in [5.74, 6) is 0.288. The van der Waals surface area contributed by atoms with Crippen LogP contribution in [0.5, 0.6) is 5.75 Å². The van der Waals surface area contributed by atoms with Crippen LogP contribution in [0.3, 0.4) is 0 Å². The summed E-state index contributed by atoms with van der Waals surface area (Å²) in [5, 5.41) is 12.5. The molecular weight excluding hydrogens is 416 g/mol. The van der Waals surface area contributed by atoms with Crippen LogP contribution >= 0.6 is 8.58 Å². The quantitative estimate of drug-likeness (QED) is 0.447. The minimum atomic E-state index is -0.162. The predicted octanol–water partition coefficient (Wildman–Crippen LogP) is 7.14. The summed E-state index contributed by atoms with van der Waals surface area (Å²) in [7, 11) is 0.479. The molecule has 2 aromatic rings. The van der Waals surface area contributed by atoms with Gasteiger partial charge in [-0.2, -0.15) is 0 Å². The molecule has 2 nitrogen and oxygen atoms in total. The fraction of sp³-hybridized carbons (Fsp3) is 0.571. The van der Waals surface area contributed by atoms with Crippen molar-refractivity contribution in [3.05, 3.63) is 58.4 Å². The molecule has 0 aromatic heterocycles. The molecule has 1 aliphatic heterocycles. The highest BCUT2D eigenvalue weighted by molar-refractivity contribution is 7.48. The van der Waals surface area contributed by atoms with Crippen molar-refractivity contribution in [1.29, 1.82) is 0 Å². The van der Waals surface area contributed by atoms with Gasteiger partial charge in [-0.1, -0.05) is 73.4 Å². The van der Waals surface area contributed by atoms with E-state index < -0.39 is 0 Å². The lowest BCUT2D eigenvalue weighted by molar-refractivity contribution is 0.221. The Balaban J connectivity index is 2.05. The molecule has 1 N–H and O–H groups in total. The summed E-state index contributed by atoms with van der Waals surface area (Å²) >= 11 is 0. The number of phenols is 1. The van der Waals surface area contributed by atoms with E-state index in [1.807, 2.05) is 6.07 Å². The molecule has 0 bridgehead atoms. The molecule has 0 aliphatic carbocycles.